The van der Waals surface area contributed by atoms with Gasteiger partial charge in [-0.2, -0.15) is 0 Å². The van der Waals surface area contributed by atoms with Crippen molar-refractivity contribution >= 4 is 5.91 Å². The summed E-state index contributed by atoms with van der Waals surface area (Å²) in [5.74, 6) is 1.54. The number of carbonyl (C=O) groups is 1. The summed E-state index contributed by atoms with van der Waals surface area (Å²) in [6.07, 6.45) is 2.67. The number of carbonyl (C=O) groups excluding carboxylic acids is 1. The molecule has 3 N–H and O–H groups in total. The van der Waals surface area contributed by atoms with Gasteiger partial charge < -0.3 is 11.1 Å². The lowest BCUT2D eigenvalue weighted by molar-refractivity contribution is -0.122. The molecule has 0 spiro atoms. The van der Waals surface area contributed by atoms with Crippen molar-refractivity contribution in [1.82, 2.24) is 5.32 Å². The Morgan fingerprint density at radius 1 is 1.40 bits per heavy atom. The number of nitrogens with one attached hydrogen (secondary N) is 1. The van der Waals surface area contributed by atoms with Crippen molar-refractivity contribution < 1.29 is 4.79 Å². The maximum Gasteiger partial charge on any atom is 0.220 e. The van der Waals surface area contributed by atoms with Gasteiger partial charge in [0.1, 0.15) is 0 Å². The highest BCUT2D eigenvalue weighted by atomic mass is 16.1. The lowest BCUT2D eigenvalue weighted by Crippen LogP contribution is -2.35. The number of rotatable bonds is 7. The summed E-state index contributed by atoms with van der Waals surface area (Å²) in [5.41, 5.74) is 8.56. The summed E-state index contributed by atoms with van der Waals surface area (Å²) < 4.78 is 0. The molecule has 20 heavy (non-hydrogen) atoms. The molecule has 3 nitrogen and oxygen atoms in total. The van der Waals surface area contributed by atoms with Crippen LogP contribution in [0.2, 0.25) is 0 Å². The van der Waals surface area contributed by atoms with Crippen LogP contribution in [0.4, 0.5) is 0 Å². The molecule has 0 bridgehead atoms. The average Bonchev–Trinajstić information content (AvgIpc) is 2.38. The van der Waals surface area contributed by atoms with Crippen LogP contribution in [0.25, 0.3) is 0 Å². The highest BCUT2D eigenvalue weighted by Crippen LogP contribution is 2.34. The molecule has 3 heteroatoms. The molecule has 1 aromatic carbocycles. The van der Waals surface area contributed by atoms with Crippen molar-refractivity contribution in [3.05, 3.63) is 35.4 Å². The molecule has 0 aromatic heterocycles. The molecule has 0 saturated heterocycles. The summed E-state index contributed by atoms with van der Waals surface area (Å²) in [5, 5.41) is 3.07. The van der Waals surface area contributed by atoms with Crippen LogP contribution < -0.4 is 11.1 Å². The standard InChI is InChI=1S/C17H26N2O/c1-12(2)7-13(10-18)8-17(20)19-11-15-9-14-5-3-4-6-16(14)15/h3-6,12-13,15H,7-11,18H2,1-2H3,(H,19,20). The van der Waals surface area contributed by atoms with Gasteiger partial charge in [-0.1, -0.05) is 38.1 Å². The number of hydrogen-bond acceptors (Lipinski definition) is 2. The van der Waals surface area contributed by atoms with Gasteiger partial charge in [-0.05, 0) is 42.3 Å². The minimum atomic E-state index is 0.144. The smallest absolute Gasteiger partial charge is 0.220 e. The predicted molar refractivity (Wildman–Crippen MR) is 82.5 cm³/mol. The van der Waals surface area contributed by atoms with E-state index in [1.54, 1.807) is 0 Å². The summed E-state index contributed by atoms with van der Waals surface area (Å²) in [6.45, 7) is 5.70. The van der Waals surface area contributed by atoms with Crippen molar-refractivity contribution in [3.63, 3.8) is 0 Å². The van der Waals surface area contributed by atoms with Crippen molar-refractivity contribution in [2.24, 2.45) is 17.6 Å². The molecule has 0 aliphatic heterocycles. The second-order valence-corrected chi connectivity index (χ2v) is 6.34. The normalized spacial score (nSPS) is 18.3. The highest BCUT2D eigenvalue weighted by molar-refractivity contribution is 5.76. The summed E-state index contributed by atoms with van der Waals surface area (Å²) in [4.78, 5) is 12.0. The van der Waals surface area contributed by atoms with Crippen LogP contribution in [0.3, 0.4) is 0 Å². The lowest BCUT2D eigenvalue weighted by atomic mass is 9.77. The molecular weight excluding hydrogens is 248 g/mol. The summed E-state index contributed by atoms with van der Waals surface area (Å²) >= 11 is 0. The van der Waals surface area contributed by atoms with Crippen LogP contribution in [0.15, 0.2) is 24.3 Å². The number of amides is 1. The van der Waals surface area contributed by atoms with Crippen LogP contribution in [0, 0.1) is 11.8 Å². The van der Waals surface area contributed by atoms with E-state index >= 15 is 0 Å². The molecule has 1 aliphatic carbocycles. The van der Waals surface area contributed by atoms with Gasteiger partial charge in [-0.3, -0.25) is 4.79 Å². The molecule has 0 fully saturated rings. The van der Waals surface area contributed by atoms with Gasteiger partial charge in [0.05, 0.1) is 0 Å². The lowest BCUT2D eigenvalue weighted by Gasteiger charge is -2.30. The van der Waals surface area contributed by atoms with Gasteiger partial charge in [-0.15, -0.1) is 0 Å². The highest BCUT2D eigenvalue weighted by Gasteiger charge is 2.25. The Labute approximate surface area is 121 Å². The van der Waals surface area contributed by atoms with Gasteiger partial charge in [0, 0.05) is 18.9 Å². The molecular formula is C17H26N2O. The maximum atomic E-state index is 12.0. The number of fused-ring (bicyclic) bond motifs is 1. The van der Waals surface area contributed by atoms with Gasteiger partial charge in [0.2, 0.25) is 5.91 Å². The van der Waals surface area contributed by atoms with E-state index in [2.05, 4.69) is 43.4 Å². The van der Waals surface area contributed by atoms with E-state index in [4.69, 9.17) is 5.73 Å². The number of nitrogens with two attached hydrogens (primary N) is 1. The van der Waals surface area contributed by atoms with Crippen LogP contribution in [-0.4, -0.2) is 19.0 Å². The fourth-order valence-corrected chi connectivity index (χ4v) is 3.05. The first-order valence-electron chi connectivity index (χ1n) is 7.64. The Hall–Kier alpha value is -1.35. The molecule has 0 heterocycles. The van der Waals surface area contributed by atoms with Crippen LogP contribution >= 0.6 is 0 Å². The second-order valence-electron chi connectivity index (χ2n) is 6.34. The van der Waals surface area contributed by atoms with E-state index in [9.17, 15) is 4.79 Å². The fourth-order valence-electron chi connectivity index (χ4n) is 3.05. The Bertz CT molecular complexity index is 456. The van der Waals surface area contributed by atoms with Gasteiger partial charge in [-0.25, -0.2) is 0 Å². The van der Waals surface area contributed by atoms with Crippen LogP contribution in [0.5, 0.6) is 0 Å². The average molecular weight is 274 g/mol. The number of hydrogen-bond donors (Lipinski definition) is 2. The first kappa shape index (κ1) is 15.0. The SMILES string of the molecule is CC(C)CC(CN)CC(=O)NCC1Cc2ccccc21. The topological polar surface area (TPSA) is 55.1 Å². The third kappa shape index (κ3) is 3.83. The molecule has 1 aromatic rings. The van der Waals surface area contributed by atoms with E-state index in [0.29, 0.717) is 30.7 Å². The quantitative estimate of drug-likeness (QED) is 0.802. The van der Waals surface area contributed by atoms with E-state index in [-0.39, 0.29) is 5.91 Å². The van der Waals surface area contributed by atoms with Gasteiger partial charge in [0.15, 0.2) is 0 Å². The summed E-state index contributed by atoms with van der Waals surface area (Å²) in [6, 6.07) is 8.48. The predicted octanol–water partition coefficient (Wildman–Crippen LogP) is 2.45. The largest absolute Gasteiger partial charge is 0.355 e. The second kappa shape index (κ2) is 6.89. The zero-order chi connectivity index (χ0) is 14.5. The van der Waals surface area contributed by atoms with Gasteiger partial charge in [0.25, 0.3) is 0 Å². The van der Waals surface area contributed by atoms with Crippen molar-refractivity contribution in [1.29, 1.82) is 0 Å². The molecule has 110 valence electrons. The maximum absolute atomic E-state index is 12.0. The molecule has 0 saturated carbocycles. The molecule has 2 atom stereocenters. The van der Waals surface area contributed by atoms with Crippen molar-refractivity contribution in [2.45, 2.75) is 39.0 Å². The van der Waals surface area contributed by atoms with Crippen molar-refractivity contribution in [2.75, 3.05) is 13.1 Å². The molecule has 1 amide bonds. The molecule has 0 radical (unpaired) electrons. The third-order valence-electron chi connectivity index (χ3n) is 4.12. The summed E-state index contributed by atoms with van der Waals surface area (Å²) in [7, 11) is 0. The zero-order valence-corrected chi connectivity index (χ0v) is 12.6. The Morgan fingerprint density at radius 3 is 2.80 bits per heavy atom. The van der Waals surface area contributed by atoms with E-state index in [1.165, 1.54) is 11.1 Å². The minimum Gasteiger partial charge on any atom is -0.355 e. The Balaban J connectivity index is 1.74. The van der Waals surface area contributed by atoms with E-state index in [1.807, 2.05) is 0 Å². The first-order valence-corrected chi connectivity index (χ1v) is 7.64. The molecule has 2 rings (SSSR count). The monoisotopic (exact) mass is 274 g/mol. The Morgan fingerprint density at radius 2 is 2.15 bits per heavy atom. The number of benzene rings is 1. The van der Waals surface area contributed by atoms with Crippen LogP contribution in [0.1, 0.15) is 43.7 Å². The van der Waals surface area contributed by atoms with E-state index in [0.717, 1.165) is 19.4 Å². The fraction of sp³-hybridized carbons (Fsp3) is 0.588. The molecule has 2 unspecified atom stereocenters. The molecule has 1 aliphatic rings. The third-order valence-corrected chi connectivity index (χ3v) is 4.12. The van der Waals surface area contributed by atoms with Crippen LogP contribution in [-0.2, 0) is 11.2 Å². The van der Waals surface area contributed by atoms with Gasteiger partial charge >= 0.3 is 0 Å². The Kier molecular flexibility index (Phi) is 5.18. The first-order chi connectivity index (χ1) is 9.60. The van der Waals surface area contributed by atoms with Crippen molar-refractivity contribution in [3.8, 4) is 0 Å². The zero-order valence-electron chi connectivity index (χ0n) is 12.6. The van der Waals surface area contributed by atoms with E-state index < -0.39 is 0 Å². The minimum absolute atomic E-state index is 0.144.